The summed E-state index contributed by atoms with van der Waals surface area (Å²) in [5, 5.41) is 8.53. The van der Waals surface area contributed by atoms with Crippen LogP contribution in [0.3, 0.4) is 0 Å². The summed E-state index contributed by atoms with van der Waals surface area (Å²) >= 11 is 0. The number of unbranched alkanes of at least 4 members (excludes halogenated alkanes) is 4. The third-order valence-corrected chi connectivity index (χ3v) is 1.89. The monoisotopic (exact) mass is 182 g/mol. The number of aliphatic hydroxyl groups is 1. The zero-order valence-corrected chi connectivity index (χ0v) is 8.71. The lowest BCUT2D eigenvalue weighted by Gasteiger charge is -1.89. The van der Waals surface area contributed by atoms with E-state index < -0.39 is 0 Å². The first-order valence-corrected chi connectivity index (χ1v) is 5.34. The SMILES string of the molecule is CCCC/C=C\C=C\CCCCO. The molecule has 0 saturated carbocycles. The Morgan fingerprint density at radius 2 is 1.54 bits per heavy atom. The lowest BCUT2D eigenvalue weighted by atomic mass is 10.2. The molecule has 13 heavy (non-hydrogen) atoms. The third kappa shape index (κ3) is 11.4. The van der Waals surface area contributed by atoms with Crippen LogP contribution in [-0.2, 0) is 0 Å². The van der Waals surface area contributed by atoms with E-state index in [1.807, 2.05) is 0 Å². The summed E-state index contributed by atoms with van der Waals surface area (Å²) in [4.78, 5) is 0. The van der Waals surface area contributed by atoms with E-state index in [-0.39, 0.29) is 0 Å². The molecule has 0 heterocycles. The summed E-state index contributed by atoms with van der Waals surface area (Å²) in [5.41, 5.74) is 0. The average Bonchev–Trinajstić information content (AvgIpc) is 2.16. The van der Waals surface area contributed by atoms with Gasteiger partial charge in [0.25, 0.3) is 0 Å². The molecule has 0 fully saturated rings. The van der Waals surface area contributed by atoms with Crippen molar-refractivity contribution in [1.82, 2.24) is 0 Å². The Hall–Kier alpha value is -0.560. The molecule has 0 aromatic rings. The van der Waals surface area contributed by atoms with Crippen LogP contribution in [0.4, 0.5) is 0 Å². The fourth-order valence-electron chi connectivity index (χ4n) is 1.05. The summed E-state index contributed by atoms with van der Waals surface area (Å²) in [6, 6.07) is 0. The molecule has 0 aliphatic carbocycles. The molecule has 0 aliphatic rings. The van der Waals surface area contributed by atoms with E-state index in [4.69, 9.17) is 5.11 Å². The Labute approximate surface area is 82.2 Å². The zero-order valence-electron chi connectivity index (χ0n) is 8.71. The highest BCUT2D eigenvalue weighted by Crippen LogP contribution is 1.97. The van der Waals surface area contributed by atoms with Gasteiger partial charge in [0.15, 0.2) is 0 Å². The predicted octanol–water partition coefficient (Wildman–Crippen LogP) is 3.45. The molecule has 0 unspecified atom stereocenters. The first-order valence-electron chi connectivity index (χ1n) is 5.34. The minimum absolute atomic E-state index is 0.320. The van der Waals surface area contributed by atoms with Crippen LogP contribution < -0.4 is 0 Å². The molecule has 0 spiro atoms. The first-order chi connectivity index (χ1) is 6.41. The van der Waals surface area contributed by atoms with Crippen molar-refractivity contribution in [3.63, 3.8) is 0 Å². The van der Waals surface area contributed by atoms with Crippen molar-refractivity contribution < 1.29 is 5.11 Å². The molecule has 1 heteroatoms. The molecule has 0 aromatic heterocycles. The Morgan fingerprint density at radius 3 is 2.08 bits per heavy atom. The molecule has 76 valence electrons. The second-order valence-electron chi connectivity index (χ2n) is 3.22. The second-order valence-corrected chi connectivity index (χ2v) is 3.22. The van der Waals surface area contributed by atoms with Crippen molar-refractivity contribution in [2.75, 3.05) is 6.61 Å². The highest BCUT2D eigenvalue weighted by Gasteiger charge is 1.80. The number of aliphatic hydroxyl groups excluding tert-OH is 1. The molecule has 1 N–H and O–H groups in total. The van der Waals surface area contributed by atoms with Crippen molar-refractivity contribution in [2.45, 2.75) is 45.4 Å². The van der Waals surface area contributed by atoms with Crippen molar-refractivity contribution in [3.8, 4) is 0 Å². The van der Waals surface area contributed by atoms with Gasteiger partial charge in [-0.25, -0.2) is 0 Å². The van der Waals surface area contributed by atoms with Crippen molar-refractivity contribution >= 4 is 0 Å². The summed E-state index contributed by atoms with van der Waals surface area (Å²) in [6.45, 7) is 2.53. The van der Waals surface area contributed by atoms with Crippen LogP contribution in [0.25, 0.3) is 0 Å². The first kappa shape index (κ1) is 12.4. The fourth-order valence-corrected chi connectivity index (χ4v) is 1.05. The molecule has 0 radical (unpaired) electrons. The topological polar surface area (TPSA) is 20.2 Å². The van der Waals surface area contributed by atoms with Gasteiger partial charge in [-0.2, -0.15) is 0 Å². The highest BCUT2D eigenvalue weighted by molar-refractivity contribution is 5.02. The van der Waals surface area contributed by atoms with Crippen LogP contribution >= 0.6 is 0 Å². The van der Waals surface area contributed by atoms with Crippen molar-refractivity contribution in [1.29, 1.82) is 0 Å². The van der Waals surface area contributed by atoms with Gasteiger partial charge in [-0.3, -0.25) is 0 Å². The van der Waals surface area contributed by atoms with Crippen molar-refractivity contribution in [2.24, 2.45) is 0 Å². The van der Waals surface area contributed by atoms with Crippen LogP contribution in [0.2, 0.25) is 0 Å². The Bertz CT molecular complexity index is 136. The molecule has 0 amide bonds. The predicted molar refractivity (Wildman–Crippen MR) is 58.7 cm³/mol. The second kappa shape index (κ2) is 11.4. The van der Waals surface area contributed by atoms with E-state index in [1.54, 1.807) is 0 Å². The smallest absolute Gasteiger partial charge is 0.0431 e. The third-order valence-electron chi connectivity index (χ3n) is 1.89. The lowest BCUT2D eigenvalue weighted by Crippen LogP contribution is -1.79. The number of allylic oxidation sites excluding steroid dienone is 4. The minimum atomic E-state index is 0.320. The van der Waals surface area contributed by atoms with Crippen LogP contribution in [0, 0.1) is 0 Å². The van der Waals surface area contributed by atoms with Crippen LogP contribution in [0.15, 0.2) is 24.3 Å². The maximum Gasteiger partial charge on any atom is 0.0431 e. The summed E-state index contributed by atoms with van der Waals surface area (Å²) in [7, 11) is 0. The van der Waals surface area contributed by atoms with Crippen LogP contribution in [0.1, 0.15) is 45.4 Å². The molecule has 0 bridgehead atoms. The average molecular weight is 182 g/mol. The van der Waals surface area contributed by atoms with E-state index in [0.717, 1.165) is 19.3 Å². The Kier molecular flexibility index (Phi) is 10.9. The van der Waals surface area contributed by atoms with Gasteiger partial charge in [0, 0.05) is 6.61 Å². The van der Waals surface area contributed by atoms with Gasteiger partial charge in [-0.05, 0) is 25.7 Å². The normalized spacial score (nSPS) is 11.8. The molecule has 0 atom stereocenters. The van der Waals surface area contributed by atoms with E-state index in [0.29, 0.717) is 6.61 Å². The van der Waals surface area contributed by atoms with Gasteiger partial charge in [0.1, 0.15) is 0 Å². The fraction of sp³-hybridized carbons (Fsp3) is 0.667. The molecule has 1 nitrogen and oxygen atoms in total. The maximum absolute atomic E-state index is 8.53. The quantitative estimate of drug-likeness (QED) is 0.450. The highest BCUT2D eigenvalue weighted by atomic mass is 16.2. The Morgan fingerprint density at radius 1 is 0.923 bits per heavy atom. The van der Waals surface area contributed by atoms with Gasteiger partial charge in [0.2, 0.25) is 0 Å². The number of hydrogen-bond donors (Lipinski definition) is 1. The molecule has 0 aromatic carbocycles. The molecule has 0 rings (SSSR count). The Balaban J connectivity index is 3.15. The lowest BCUT2D eigenvalue weighted by molar-refractivity contribution is 0.285. The van der Waals surface area contributed by atoms with Crippen LogP contribution in [-0.4, -0.2) is 11.7 Å². The molecule has 0 aliphatic heterocycles. The number of hydrogen-bond acceptors (Lipinski definition) is 1. The summed E-state index contributed by atoms with van der Waals surface area (Å²) in [6.07, 6.45) is 15.4. The van der Waals surface area contributed by atoms with E-state index in [9.17, 15) is 0 Å². The van der Waals surface area contributed by atoms with Gasteiger partial charge < -0.3 is 5.11 Å². The van der Waals surface area contributed by atoms with Gasteiger partial charge in [0.05, 0.1) is 0 Å². The van der Waals surface area contributed by atoms with Gasteiger partial charge >= 0.3 is 0 Å². The molecule has 0 saturated heterocycles. The largest absolute Gasteiger partial charge is 0.396 e. The zero-order chi connectivity index (χ0) is 9.78. The number of rotatable bonds is 8. The van der Waals surface area contributed by atoms with E-state index in [2.05, 4.69) is 31.2 Å². The van der Waals surface area contributed by atoms with Gasteiger partial charge in [-0.15, -0.1) is 0 Å². The molecular formula is C12H22O. The summed E-state index contributed by atoms with van der Waals surface area (Å²) in [5.74, 6) is 0. The molecular weight excluding hydrogens is 160 g/mol. The van der Waals surface area contributed by atoms with E-state index in [1.165, 1.54) is 19.3 Å². The van der Waals surface area contributed by atoms with Crippen LogP contribution in [0.5, 0.6) is 0 Å². The maximum atomic E-state index is 8.53. The minimum Gasteiger partial charge on any atom is -0.396 e. The van der Waals surface area contributed by atoms with Crippen molar-refractivity contribution in [3.05, 3.63) is 24.3 Å². The van der Waals surface area contributed by atoms with Gasteiger partial charge in [-0.1, -0.05) is 44.1 Å². The summed E-state index contributed by atoms with van der Waals surface area (Å²) < 4.78 is 0. The van der Waals surface area contributed by atoms with E-state index >= 15 is 0 Å². The standard InChI is InChI=1S/C12H22O/c1-2-3-4-5-6-7-8-9-10-11-12-13/h5-8,13H,2-4,9-12H2,1H3/b6-5-,8-7+.